The number of rotatable bonds is 2. The van der Waals surface area contributed by atoms with Gasteiger partial charge in [0.05, 0.1) is 0 Å². The van der Waals surface area contributed by atoms with E-state index in [1.54, 1.807) is 6.92 Å². The van der Waals surface area contributed by atoms with Gasteiger partial charge in [0.1, 0.15) is 18.5 Å². The second-order valence-electron chi connectivity index (χ2n) is 8.85. The average molecular weight is 424 g/mol. The van der Waals surface area contributed by atoms with Gasteiger partial charge in [0, 0.05) is 10.8 Å². The van der Waals surface area contributed by atoms with Gasteiger partial charge < -0.3 is 13.7 Å². The summed E-state index contributed by atoms with van der Waals surface area (Å²) in [6.45, 7) is 4.10. The molecular formula is C18H23F3O6S. The van der Waals surface area contributed by atoms with Gasteiger partial charge in [-0.2, -0.15) is 21.6 Å². The molecule has 2 saturated carbocycles. The molecule has 0 radical (unpaired) electrons. The van der Waals surface area contributed by atoms with Crippen molar-refractivity contribution in [1.29, 1.82) is 0 Å². The minimum absolute atomic E-state index is 0.0138. The fourth-order valence-electron chi connectivity index (χ4n) is 6.00. The Morgan fingerprint density at radius 3 is 2.57 bits per heavy atom. The maximum Gasteiger partial charge on any atom is 0.534 e. The lowest BCUT2D eigenvalue weighted by atomic mass is 9.49. The monoisotopic (exact) mass is 424 g/mol. The van der Waals surface area contributed by atoms with Crippen LogP contribution >= 0.6 is 0 Å². The van der Waals surface area contributed by atoms with E-state index in [1.807, 2.05) is 6.92 Å². The number of hydrogen-bond acceptors (Lipinski definition) is 6. The molecule has 1 heterocycles. The molecule has 6 atom stereocenters. The molecular weight excluding hydrogens is 401 g/mol. The summed E-state index contributed by atoms with van der Waals surface area (Å²) in [6, 6.07) is 0. The number of hydrogen-bond donors (Lipinski definition) is 0. The van der Waals surface area contributed by atoms with Crippen LogP contribution in [0.3, 0.4) is 0 Å². The fraction of sp³-hybridized carbons (Fsp3) is 0.833. The number of halogens is 3. The number of alkyl halides is 3. The first-order valence-corrected chi connectivity index (χ1v) is 10.8. The number of cyclic esters (lactones) is 1. The van der Waals surface area contributed by atoms with Gasteiger partial charge in [-0.25, -0.2) is 4.79 Å². The molecule has 0 N–H and O–H groups in total. The molecule has 0 amide bonds. The lowest BCUT2D eigenvalue weighted by Gasteiger charge is -2.58. The molecule has 0 spiro atoms. The molecule has 4 aliphatic rings. The molecule has 158 valence electrons. The lowest BCUT2D eigenvalue weighted by molar-refractivity contribution is -0.182. The standard InChI is InChI=1S/C18H23F3O6S/c1-16-8-7-12-10(3-5-13-17(12,2)9-25-15(22)26-13)11(16)4-6-14(16)27-28(23,24)18(19,20)21/h6,10-13H,3-5,7-9H2,1-2H3. The van der Waals surface area contributed by atoms with Gasteiger partial charge in [-0.1, -0.05) is 13.8 Å². The van der Waals surface area contributed by atoms with E-state index in [9.17, 15) is 26.4 Å². The summed E-state index contributed by atoms with van der Waals surface area (Å²) >= 11 is 0. The van der Waals surface area contributed by atoms with Crippen LogP contribution in [0.15, 0.2) is 11.8 Å². The van der Waals surface area contributed by atoms with Crippen LogP contribution in [0.1, 0.15) is 46.0 Å². The molecule has 1 saturated heterocycles. The molecule has 3 aliphatic carbocycles. The Morgan fingerprint density at radius 1 is 1.18 bits per heavy atom. The number of ether oxygens (including phenoxy) is 2. The van der Waals surface area contributed by atoms with E-state index < -0.39 is 27.2 Å². The van der Waals surface area contributed by atoms with Gasteiger partial charge in [0.2, 0.25) is 0 Å². The highest BCUT2D eigenvalue weighted by molar-refractivity contribution is 7.87. The SMILES string of the molecule is CC12CCC3C(CCC4OC(=O)OCC43C)C1CC=C2OS(=O)(=O)C(F)(F)F. The average Bonchev–Trinajstić information content (AvgIpc) is 2.91. The molecule has 0 aromatic heterocycles. The van der Waals surface area contributed by atoms with Gasteiger partial charge in [-0.15, -0.1) is 0 Å². The first kappa shape index (κ1) is 19.8. The summed E-state index contributed by atoms with van der Waals surface area (Å²) in [5.74, 6) is 0.253. The van der Waals surface area contributed by atoms with Crippen molar-refractivity contribution in [3.63, 3.8) is 0 Å². The number of carbonyl (C=O) groups excluding carboxylic acids is 1. The molecule has 28 heavy (non-hydrogen) atoms. The number of allylic oxidation sites excluding steroid dienone is 2. The van der Waals surface area contributed by atoms with Crippen LogP contribution in [0, 0.1) is 28.6 Å². The highest BCUT2D eigenvalue weighted by Crippen LogP contribution is 2.64. The van der Waals surface area contributed by atoms with E-state index in [0.717, 1.165) is 6.42 Å². The molecule has 3 fully saturated rings. The molecule has 0 aromatic rings. The maximum absolute atomic E-state index is 12.8. The predicted molar refractivity (Wildman–Crippen MR) is 90.1 cm³/mol. The Balaban J connectivity index is 1.57. The van der Waals surface area contributed by atoms with Crippen molar-refractivity contribution in [2.45, 2.75) is 57.6 Å². The Hall–Kier alpha value is -1.45. The van der Waals surface area contributed by atoms with E-state index in [4.69, 9.17) is 9.47 Å². The zero-order valence-corrected chi connectivity index (χ0v) is 16.4. The van der Waals surface area contributed by atoms with Gasteiger partial charge in [0.25, 0.3) is 0 Å². The fourth-order valence-corrected chi connectivity index (χ4v) is 6.59. The predicted octanol–water partition coefficient (Wildman–Crippen LogP) is 4.12. The summed E-state index contributed by atoms with van der Waals surface area (Å²) < 4.78 is 76.5. The van der Waals surface area contributed by atoms with Gasteiger partial charge in [0.15, 0.2) is 0 Å². The minimum atomic E-state index is -5.68. The van der Waals surface area contributed by atoms with Crippen LogP contribution in [0.2, 0.25) is 0 Å². The first-order valence-electron chi connectivity index (χ1n) is 9.43. The van der Waals surface area contributed by atoms with Crippen LogP contribution in [0.5, 0.6) is 0 Å². The van der Waals surface area contributed by atoms with E-state index in [1.165, 1.54) is 6.08 Å². The van der Waals surface area contributed by atoms with Gasteiger partial charge in [-0.05, 0) is 55.9 Å². The lowest BCUT2D eigenvalue weighted by Crippen LogP contribution is -2.58. The topological polar surface area (TPSA) is 78.9 Å². The normalized spacial score (nSPS) is 43.0. The third-order valence-corrected chi connectivity index (χ3v) is 8.48. The summed E-state index contributed by atoms with van der Waals surface area (Å²) in [4.78, 5) is 11.5. The Morgan fingerprint density at radius 2 is 1.89 bits per heavy atom. The Bertz CT molecular complexity index is 822. The van der Waals surface area contributed by atoms with Crippen molar-refractivity contribution >= 4 is 16.3 Å². The van der Waals surface area contributed by atoms with Crippen molar-refractivity contribution in [2.24, 2.45) is 28.6 Å². The Labute approximate surface area is 161 Å². The van der Waals surface area contributed by atoms with Crippen molar-refractivity contribution in [3.05, 3.63) is 11.8 Å². The zero-order valence-electron chi connectivity index (χ0n) is 15.6. The first-order chi connectivity index (χ1) is 12.9. The third kappa shape index (κ3) is 2.74. The summed E-state index contributed by atoms with van der Waals surface area (Å²) in [6.07, 6.45) is 3.71. The van der Waals surface area contributed by atoms with Crippen LogP contribution in [0.25, 0.3) is 0 Å². The number of fused-ring (bicyclic) bond motifs is 5. The molecule has 6 nitrogen and oxygen atoms in total. The van der Waals surface area contributed by atoms with Crippen LogP contribution in [0.4, 0.5) is 18.0 Å². The molecule has 0 bridgehead atoms. The van der Waals surface area contributed by atoms with Crippen molar-refractivity contribution in [1.82, 2.24) is 0 Å². The molecule has 0 aromatic carbocycles. The summed E-state index contributed by atoms with van der Waals surface area (Å²) in [7, 11) is -5.68. The van der Waals surface area contributed by atoms with Gasteiger partial charge >= 0.3 is 21.8 Å². The van der Waals surface area contributed by atoms with E-state index in [2.05, 4.69) is 4.18 Å². The number of carbonyl (C=O) groups is 1. The van der Waals surface area contributed by atoms with Crippen LogP contribution in [-0.2, 0) is 23.8 Å². The van der Waals surface area contributed by atoms with E-state index in [-0.39, 0.29) is 41.6 Å². The van der Waals surface area contributed by atoms with Crippen molar-refractivity contribution in [2.75, 3.05) is 6.61 Å². The second kappa shape index (κ2) is 6.03. The maximum atomic E-state index is 12.8. The smallest absolute Gasteiger partial charge is 0.434 e. The van der Waals surface area contributed by atoms with Crippen LogP contribution in [-0.4, -0.2) is 32.8 Å². The zero-order chi connectivity index (χ0) is 20.5. The largest absolute Gasteiger partial charge is 0.534 e. The summed E-state index contributed by atoms with van der Waals surface area (Å²) in [5.41, 5.74) is -6.55. The van der Waals surface area contributed by atoms with Crippen molar-refractivity contribution < 1.29 is 40.0 Å². The third-order valence-electron chi connectivity index (χ3n) is 7.51. The second-order valence-corrected chi connectivity index (χ2v) is 10.4. The van der Waals surface area contributed by atoms with Crippen LogP contribution < -0.4 is 0 Å². The van der Waals surface area contributed by atoms with Gasteiger partial charge in [-0.3, -0.25) is 0 Å². The molecule has 6 unspecified atom stereocenters. The minimum Gasteiger partial charge on any atom is -0.434 e. The van der Waals surface area contributed by atoms with E-state index in [0.29, 0.717) is 25.7 Å². The summed E-state index contributed by atoms with van der Waals surface area (Å²) in [5, 5.41) is 0. The molecule has 10 heteroatoms. The van der Waals surface area contributed by atoms with E-state index >= 15 is 0 Å². The molecule has 1 aliphatic heterocycles. The quantitative estimate of drug-likeness (QED) is 0.377. The Kier molecular flexibility index (Phi) is 4.27. The van der Waals surface area contributed by atoms with Crippen molar-refractivity contribution in [3.8, 4) is 0 Å². The highest BCUT2D eigenvalue weighted by atomic mass is 32.2. The highest BCUT2D eigenvalue weighted by Gasteiger charge is 2.62. The molecule has 4 rings (SSSR count).